The number of hydrogen-bond acceptors (Lipinski definition) is 3. The van der Waals surface area contributed by atoms with Crippen LogP contribution in [-0.4, -0.2) is 28.1 Å². The summed E-state index contributed by atoms with van der Waals surface area (Å²) in [7, 11) is 0. The van der Waals surface area contributed by atoms with Crippen LogP contribution in [0.4, 0.5) is 0 Å². The highest BCUT2D eigenvalue weighted by atomic mass is 16.4. The number of aliphatic carboxylic acids is 1. The number of carboxylic acids is 1. The predicted molar refractivity (Wildman–Crippen MR) is 67.0 cm³/mol. The lowest BCUT2D eigenvalue weighted by atomic mass is 9.75. The van der Waals surface area contributed by atoms with E-state index in [1.165, 1.54) is 6.42 Å². The van der Waals surface area contributed by atoms with E-state index in [0.717, 1.165) is 32.1 Å². The molecule has 0 spiro atoms. The van der Waals surface area contributed by atoms with Gasteiger partial charge in [0.2, 0.25) is 5.91 Å². The Morgan fingerprint density at radius 1 is 1.06 bits per heavy atom. The summed E-state index contributed by atoms with van der Waals surface area (Å²) in [4.78, 5) is 23.1. The van der Waals surface area contributed by atoms with Gasteiger partial charge in [0.1, 0.15) is 5.54 Å². The molecule has 2 aliphatic rings. The fourth-order valence-electron chi connectivity index (χ4n) is 2.99. The number of nitrogens with one attached hydrogen (secondary N) is 1. The number of hydrogen-bond donors (Lipinski definition) is 3. The van der Waals surface area contributed by atoms with Crippen molar-refractivity contribution in [1.29, 1.82) is 0 Å². The standard InChI is InChI=1S/C13H22N2O3/c14-12(5-2-1-3-6-12)9-10(16)15-13(11(17)18)7-4-8-13/h1-9,14H2,(H,15,16)(H,17,18). The molecule has 2 fully saturated rings. The summed E-state index contributed by atoms with van der Waals surface area (Å²) in [6.45, 7) is 0. The van der Waals surface area contributed by atoms with Crippen molar-refractivity contribution in [2.24, 2.45) is 5.73 Å². The van der Waals surface area contributed by atoms with Crippen LogP contribution >= 0.6 is 0 Å². The second kappa shape index (κ2) is 4.88. The third-order valence-electron chi connectivity index (χ3n) is 4.36. The van der Waals surface area contributed by atoms with Crippen LogP contribution in [0.1, 0.15) is 57.8 Å². The van der Waals surface area contributed by atoms with Crippen LogP contribution in [-0.2, 0) is 9.59 Å². The van der Waals surface area contributed by atoms with Crippen LogP contribution in [0.25, 0.3) is 0 Å². The Bertz CT molecular complexity index is 344. The average molecular weight is 254 g/mol. The van der Waals surface area contributed by atoms with E-state index in [0.29, 0.717) is 12.8 Å². The molecule has 0 aliphatic heterocycles. The Kier molecular flexibility index (Phi) is 3.61. The van der Waals surface area contributed by atoms with Crippen LogP contribution in [0, 0.1) is 0 Å². The molecule has 0 atom stereocenters. The molecule has 4 N–H and O–H groups in total. The highest BCUT2D eigenvalue weighted by molar-refractivity contribution is 5.88. The summed E-state index contributed by atoms with van der Waals surface area (Å²) >= 11 is 0. The van der Waals surface area contributed by atoms with Crippen molar-refractivity contribution in [3.8, 4) is 0 Å². The van der Waals surface area contributed by atoms with Gasteiger partial charge in [-0.1, -0.05) is 19.3 Å². The molecule has 102 valence electrons. The zero-order chi connectivity index (χ0) is 13.2. The SMILES string of the molecule is NC1(CC(=O)NC2(C(=O)O)CCC2)CCCCC1. The molecule has 0 aromatic rings. The van der Waals surface area contributed by atoms with E-state index in [1.807, 2.05) is 0 Å². The molecule has 5 heteroatoms. The fraction of sp³-hybridized carbons (Fsp3) is 0.846. The molecule has 0 radical (unpaired) electrons. The minimum absolute atomic E-state index is 0.207. The van der Waals surface area contributed by atoms with Gasteiger partial charge in [-0.15, -0.1) is 0 Å². The van der Waals surface area contributed by atoms with E-state index >= 15 is 0 Å². The largest absolute Gasteiger partial charge is 0.480 e. The maximum absolute atomic E-state index is 12.0. The predicted octanol–water partition coefficient (Wildman–Crippen LogP) is 1.16. The van der Waals surface area contributed by atoms with Crippen molar-refractivity contribution in [3.63, 3.8) is 0 Å². The van der Waals surface area contributed by atoms with Gasteiger partial charge in [-0.3, -0.25) is 4.79 Å². The molecule has 0 aromatic heterocycles. The van der Waals surface area contributed by atoms with Crippen molar-refractivity contribution in [3.05, 3.63) is 0 Å². The van der Waals surface area contributed by atoms with Crippen LogP contribution in [0.3, 0.4) is 0 Å². The smallest absolute Gasteiger partial charge is 0.329 e. The molecule has 2 rings (SSSR count). The van der Waals surface area contributed by atoms with Gasteiger partial charge in [0.05, 0.1) is 0 Å². The van der Waals surface area contributed by atoms with Gasteiger partial charge in [0, 0.05) is 12.0 Å². The summed E-state index contributed by atoms with van der Waals surface area (Å²) in [6, 6.07) is 0. The molecule has 1 amide bonds. The molecule has 0 bridgehead atoms. The summed E-state index contributed by atoms with van der Waals surface area (Å²) in [5.74, 6) is -1.13. The van der Waals surface area contributed by atoms with Gasteiger partial charge < -0.3 is 16.2 Å². The Labute approximate surface area is 107 Å². The van der Waals surface area contributed by atoms with Gasteiger partial charge in [0.15, 0.2) is 0 Å². The summed E-state index contributed by atoms with van der Waals surface area (Å²) < 4.78 is 0. The van der Waals surface area contributed by atoms with Gasteiger partial charge >= 0.3 is 5.97 Å². The number of amides is 1. The van der Waals surface area contributed by atoms with Crippen LogP contribution in [0.15, 0.2) is 0 Å². The normalized spacial score (nSPS) is 24.9. The topological polar surface area (TPSA) is 92.4 Å². The van der Waals surface area contributed by atoms with Crippen molar-refractivity contribution < 1.29 is 14.7 Å². The van der Waals surface area contributed by atoms with E-state index in [-0.39, 0.29) is 12.3 Å². The summed E-state index contributed by atoms with van der Waals surface area (Å²) in [6.07, 6.45) is 7.21. The van der Waals surface area contributed by atoms with Crippen molar-refractivity contribution >= 4 is 11.9 Å². The van der Waals surface area contributed by atoms with Gasteiger partial charge in [-0.2, -0.15) is 0 Å². The van der Waals surface area contributed by atoms with Crippen molar-refractivity contribution in [2.45, 2.75) is 68.9 Å². The van der Waals surface area contributed by atoms with Crippen LogP contribution in [0.2, 0.25) is 0 Å². The molecule has 0 saturated heterocycles. The van der Waals surface area contributed by atoms with Crippen LogP contribution < -0.4 is 11.1 Å². The lowest BCUT2D eigenvalue weighted by Crippen LogP contribution is -2.60. The molecule has 18 heavy (non-hydrogen) atoms. The summed E-state index contributed by atoms with van der Waals surface area (Å²) in [5, 5.41) is 11.8. The first-order valence-electron chi connectivity index (χ1n) is 6.79. The maximum Gasteiger partial charge on any atom is 0.329 e. The van der Waals surface area contributed by atoms with E-state index < -0.39 is 17.0 Å². The Morgan fingerprint density at radius 2 is 1.67 bits per heavy atom. The monoisotopic (exact) mass is 254 g/mol. The number of carboxylic acid groups (broad SMARTS) is 1. The molecule has 2 aliphatic carbocycles. The van der Waals surface area contributed by atoms with Crippen LogP contribution in [0.5, 0.6) is 0 Å². The lowest BCUT2D eigenvalue weighted by Gasteiger charge is -2.40. The van der Waals surface area contributed by atoms with Crippen molar-refractivity contribution in [2.75, 3.05) is 0 Å². The highest BCUT2D eigenvalue weighted by Gasteiger charge is 2.46. The van der Waals surface area contributed by atoms with E-state index in [1.54, 1.807) is 0 Å². The number of nitrogens with two attached hydrogens (primary N) is 1. The quantitative estimate of drug-likeness (QED) is 0.702. The van der Waals surface area contributed by atoms with E-state index in [2.05, 4.69) is 5.32 Å². The van der Waals surface area contributed by atoms with Gasteiger partial charge in [-0.05, 0) is 32.1 Å². The first kappa shape index (κ1) is 13.3. The average Bonchev–Trinajstić information content (AvgIpc) is 2.23. The number of carbonyl (C=O) groups excluding carboxylic acids is 1. The third-order valence-corrected chi connectivity index (χ3v) is 4.36. The highest BCUT2D eigenvalue weighted by Crippen LogP contribution is 2.33. The number of carbonyl (C=O) groups is 2. The Morgan fingerprint density at radius 3 is 2.11 bits per heavy atom. The first-order valence-corrected chi connectivity index (χ1v) is 6.79. The Balaban J connectivity index is 1.90. The summed E-state index contributed by atoms with van der Waals surface area (Å²) in [5.41, 5.74) is 4.77. The first-order chi connectivity index (χ1) is 8.46. The minimum atomic E-state index is -1.01. The molecule has 0 aromatic carbocycles. The number of rotatable bonds is 4. The molecular weight excluding hydrogens is 232 g/mol. The fourth-order valence-corrected chi connectivity index (χ4v) is 2.99. The van der Waals surface area contributed by atoms with E-state index in [4.69, 9.17) is 10.8 Å². The second-order valence-electron chi connectivity index (χ2n) is 5.89. The maximum atomic E-state index is 12.0. The zero-order valence-corrected chi connectivity index (χ0v) is 10.7. The molecule has 2 saturated carbocycles. The Hall–Kier alpha value is -1.10. The van der Waals surface area contributed by atoms with Gasteiger partial charge in [-0.25, -0.2) is 4.79 Å². The molecule has 0 heterocycles. The molecule has 5 nitrogen and oxygen atoms in total. The minimum Gasteiger partial charge on any atom is -0.480 e. The van der Waals surface area contributed by atoms with Crippen molar-refractivity contribution in [1.82, 2.24) is 5.32 Å². The third kappa shape index (κ3) is 2.66. The van der Waals surface area contributed by atoms with E-state index in [9.17, 15) is 9.59 Å². The van der Waals surface area contributed by atoms with Gasteiger partial charge in [0.25, 0.3) is 0 Å². The molecular formula is C13H22N2O3. The second-order valence-corrected chi connectivity index (χ2v) is 5.89. The lowest BCUT2D eigenvalue weighted by molar-refractivity contribution is -0.152. The molecule has 0 unspecified atom stereocenters. The zero-order valence-electron chi connectivity index (χ0n) is 10.7.